The zero-order valence-electron chi connectivity index (χ0n) is 18.7. The van der Waals surface area contributed by atoms with Gasteiger partial charge >= 0.3 is 5.97 Å². The van der Waals surface area contributed by atoms with Gasteiger partial charge in [0.15, 0.2) is 0 Å². The zero-order valence-corrected chi connectivity index (χ0v) is 18.7. The lowest BCUT2D eigenvalue weighted by molar-refractivity contribution is -0.143. The molecular formula is C24H34N2O4. The van der Waals surface area contributed by atoms with Crippen molar-refractivity contribution in [1.29, 1.82) is 0 Å². The molecule has 0 saturated carbocycles. The Labute approximate surface area is 179 Å². The van der Waals surface area contributed by atoms with Crippen molar-refractivity contribution in [3.63, 3.8) is 0 Å². The van der Waals surface area contributed by atoms with Gasteiger partial charge in [-0.3, -0.25) is 9.59 Å². The molecule has 30 heavy (non-hydrogen) atoms. The topological polar surface area (TPSA) is 71.8 Å². The van der Waals surface area contributed by atoms with E-state index in [1.54, 1.807) is 26.2 Å². The third-order valence-electron chi connectivity index (χ3n) is 5.55. The molecule has 0 fully saturated rings. The normalized spacial score (nSPS) is 13.3. The molecule has 0 saturated heterocycles. The first-order valence-corrected chi connectivity index (χ1v) is 10.6. The molecule has 6 heteroatoms. The highest BCUT2D eigenvalue weighted by atomic mass is 16.5. The Balaban J connectivity index is 2.38. The minimum absolute atomic E-state index is 0.121. The Morgan fingerprint density at radius 1 is 1.20 bits per heavy atom. The van der Waals surface area contributed by atoms with Crippen molar-refractivity contribution in [2.24, 2.45) is 13.0 Å². The highest BCUT2D eigenvalue weighted by molar-refractivity contribution is 5.71. The number of ether oxygens (including phenoxy) is 1. The second-order valence-corrected chi connectivity index (χ2v) is 8.02. The average molecular weight is 415 g/mol. The lowest BCUT2D eigenvalue weighted by atomic mass is 9.87. The minimum atomic E-state index is -0.300. The van der Waals surface area contributed by atoms with Crippen LogP contribution in [-0.4, -0.2) is 34.0 Å². The summed E-state index contributed by atoms with van der Waals surface area (Å²) in [7, 11) is 1.70. The summed E-state index contributed by atoms with van der Waals surface area (Å²) in [6.07, 6.45) is 2.87. The maximum absolute atomic E-state index is 12.3. The van der Waals surface area contributed by atoms with Crippen LogP contribution >= 0.6 is 0 Å². The third kappa shape index (κ3) is 6.54. The number of nitrogens with zero attached hydrogens (tertiary/aromatic N) is 2. The lowest BCUT2D eigenvalue weighted by Crippen LogP contribution is -2.25. The van der Waals surface area contributed by atoms with Gasteiger partial charge in [-0.05, 0) is 48.1 Å². The standard InChI is InChI=1S/C24H34N2O4/c1-6-17(3)15-26(29)16-21-12-19(9-8-18(21)4)22(14-24(28)30-7-2)20-10-11-25(5)23(27)13-20/h8-13,17,22,29H,6-7,14-16H2,1-5H3. The van der Waals surface area contributed by atoms with Crippen LogP contribution in [0.3, 0.4) is 0 Å². The largest absolute Gasteiger partial charge is 0.466 e. The number of rotatable bonds is 10. The molecule has 1 heterocycles. The van der Waals surface area contributed by atoms with E-state index in [1.165, 1.54) is 9.63 Å². The number of hydroxylamine groups is 2. The van der Waals surface area contributed by atoms with Crippen molar-refractivity contribution >= 4 is 5.97 Å². The second-order valence-electron chi connectivity index (χ2n) is 8.02. The van der Waals surface area contributed by atoms with Gasteiger partial charge in [-0.15, -0.1) is 0 Å². The van der Waals surface area contributed by atoms with Crippen molar-refractivity contribution in [1.82, 2.24) is 9.63 Å². The maximum atomic E-state index is 12.3. The molecule has 2 aromatic rings. The van der Waals surface area contributed by atoms with E-state index in [-0.39, 0.29) is 23.9 Å². The van der Waals surface area contributed by atoms with E-state index in [2.05, 4.69) is 13.8 Å². The third-order valence-corrected chi connectivity index (χ3v) is 5.55. The van der Waals surface area contributed by atoms with E-state index in [4.69, 9.17) is 4.74 Å². The molecule has 0 aliphatic carbocycles. The molecule has 164 valence electrons. The molecule has 1 N–H and O–H groups in total. The van der Waals surface area contributed by atoms with Gasteiger partial charge < -0.3 is 14.5 Å². The van der Waals surface area contributed by atoms with Crippen molar-refractivity contribution in [2.45, 2.75) is 53.0 Å². The molecule has 0 amide bonds. The molecular weight excluding hydrogens is 380 g/mol. The van der Waals surface area contributed by atoms with Gasteiger partial charge in [-0.25, -0.2) is 0 Å². The summed E-state index contributed by atoms with van der Waals surface area (Å²) in [6, 6.07) is 9.45. The van der Waals surface area contributed by atoms with E-state index in [9.17, 15) is 14.8 Å². The highest BCUT2D eigenvalue weighted by Crippen LogP contribution is 2.30. The van der Waals surface area contributed by atoms with Gasteiger partial charge in [0, 0.05) is 38.3 Å². The first-order valence-electron chi connectivity index (χ1n) is 10.6. The molecule has 2 unspecified atom stereocenters. The van der Waals surface area contributed by atoms with Crippen LogP contribution in [0.4, 0.5) is 0 Å². The number of carbonyl (C=O) groups excluding carboxylic acids is 1. The summed E-state index contributed by atoms with van der Waals surface area (Å²) in [5.41, 5.74) is 3.65. The van der Waals surface area contributed by atoms with E-state index in [0.29, 0.717) is 25.6 Å². The smallest absolute Gasteiger partial charge is 0.306 e. The molecule has 0 radical (unpaired) electrons. The molecule has 0 aliphatic rings. The Bertz CT molecular complexity index is 906. The second kappa shape index (κ2) is 11.1. The summed E-state index contributed by atoms with van der Waals surface area (Å²) in [5.74, 6) is -0.194. The zero-order chi connectivity index (χ0) is 22.3. The number of pyridine rings is 1. The number of benzene rings is 1. The fraction of sp³-hybridized carbons (Fsp3) is 0.500. The molecule has 1 aromatic carbocycles. The van der Waals surface area contributed by atoms with E-state index < -0.39 is 0 Å². The Kier molecular flexibility index (Phi) is 8.81. The van der Waals surface area contributed by atoms with E-state index >= 15 is 0 Å². The van der Waals surface area contributed by atoms with Crippen molar-refractivity contribution in [3.8, 4) is 0 Å². The highest BCUT2D eigenvalue weighted by Gasteiger charge is 2.21. The van der Waals surface area contributed by atoms with Crippen LogP contribution in [0.25, 0.3) is 0 Å². The summed E-state index contributed by atoms with van der Waals surface area (Å²) >= 11 is 0. The predicted octanol–water partition coefficient (Wildman–Crippen LogP) is 4.02. The molecule has 6 nitrogen and oxygen atoms in total. The quantitative estimate of drug-likeness (QED) is 0.470. The number of aryl methyl sites for hydroxylation is 2. The number of aromatic nitrogens is 1. The number of hydrogen-bond acceptors (Lipinski definition) is 5. The predicted molar refractivity (Wildman–Crippen MR) is 118 cm³/mol. The molecule has 0 aliphatic heterocycles. The van der Waals surface area contributed by atoms with Crippen LogP contribution in [0.5, 0.6) is 0 Å². The van der Waals surface area contributed by atoms with Crippen LogP contribution in [-0.2, 0) is 23.1 Å². The average Bonchev–Trinajstić information content (AvgIpc) is 2.70. The maximum Gasteiger partial charge on any atom is 0.306 e. The fourth-order valence-electron chi connectivity index (χ4n) is 3.42. The summed E-state index contributed by atoms with van der Waals surface area (Å²) in [6.45, 7) is 9.33. The van der Waals surface area contributed by atoms with E-state index in [1.807, 2.05) is 31.2 Å². The van der Waals surface area contributed by atoms with Gasteiger partial charge in [0.25, 0.3) is 5.56 Å². The molecule has 0 bridgehead atoms. The summed E-state index contributed by atoms with van der Waals surface area (Å²) in [5, 5.41) is 11.7. The molecule has 2 rings (SSSR count). The van der Waals surface area contributed by atoms with Crippen LogP contribution in [0, 0.1) is 12.8 Å². The molecule has 2 atom stereocenters. The Hall–Kier alpha value is -2.44. The summed E-state index contributed by atoms with van der Waals surface area (Å²) < 4.78 is 6.68. The van der Waals surface area contributed by atoms with Crippen LogP contribution in [0.15, 0.2) is 41.3 Å². The Morgan fingerprint density at radius 2 is 1.90 bits per heavy atom. The number of esters is 1. The van der Waals surface area contributed by atoms with Crippen LogP contribution in [0.1, 0.15) is 61.8 Å². The van der Waals surface area contributed by atoms with Gasteiger partial charge in [0.2, 0.25) is 0 Å². The summed E-state index contributed by atoms with van der Waals surface area (Å²) in [4.78, 5) is 24.5. The van der Waals surface area contributed by atoms with Crippen LogP contribution in [0.2, 0.25) is 0 Å². The van der Waals surface area contributed by atoms with Gasteiger partial charge in [-0.1, -0.05) is 38.5 Å². The Morgan fingerprint density at radius 3 is 2.53 bits per heavy atom. The fourth-order valence-corrected chi connectivity index (χ4v) is 3.42. The number of carbonyl (C=O) groups is 1. The number of hydrogen-bond donors (Lipinski definition) is 1. The van der Waals surface area contributed by atoms with E-state index in [0.717, 1.165) is 28.7 Å². The van der Waals surface area contributed by atoms with Gasteiger partial charge in [0.1, 0.15) is 0 Å². The molecule has 0 spiro atoms. The molecule has 1 aromatic heterocycles. The first kappa shape index (κ1) is 23.8. The van der Waals surface area contributed by atoms with Crippen LogP contribution < -0.4 is 5.56 Å². The van der Waals surface area contributed by atoms with Crippen molar-refractivity contribution in [2.75, 3.05) is 13.2 Å². The van der Waals surface area contributed by atoms with Crippen molar-refractivity contribution < 1.29 is 14.7 Å². The van der Waals surface area contributed by atoms with Gasteiger partial charge in [-0.2, -0.15) is 5.06 Å². The lowest BCUT2D eigenvalue weighted by Gasteiger charge is -2.22. The van der Waals surface area contributed by atoms with Gasteiger partial charge in [0.05, 0.1) is 13.0 Å². The first-order chi connectivity index (χ1) is 14.2. The van der Waals surface area contributed by atoms with Crippen molar-refractivity contribution in [3.05, 3.63) is 69.1 Å². The monoisotopic (exact) mass is 414 g/mol. The minimum Gasteiger partial charge on any atom is -0.466 e. The SMILES string of the molecule is CCOC(=O)CC(c1ccc(C)c(CN(O)CC(C)CC)c1)c1ccn(C)c(=O)c1.